The van der Waals surface area contributed by atoms with Crippen LogP contribution in [0.3, 0.4) is 0 Å². The lowest BCUT2D eigenvalue weighted by atomic mass is 10.1. The van der Waals surface area contributed by atoms with Crippen molar-refractivity contribution in [3.63, 3.8) is 0 Å². The number of aryl methyl sites for hydroxylation is 1. The summed E-state index contributed by atoms with van der Waals surface area (Å²) in [5, 5.41) is 2.61. The van der Waals surface area contributed by atoms with Gasteiger partial charge < -0.3 is 5.32 Å². The number of carbonyl (C=O) groups excluding carboxylic acids is 1. The highest BCUT2D eigenvalue weighted by molar-refractivity contribution is 7.92. The number of hydrogen-bond donors (Lipinski definition) is 1. The number of carbonyl (C=O) groups is 1. The number of aromatic nitrogens is 1. The van der Waals surface area contributed by atoms with Gasteiger partial charge in [0.25, 0.3) is 5.91 Å². The molecule has 0 unspecified atom stereocenters. The molecule has 1 amide bonds. The van der Waals surface area contributed by atoms with Crippen LogP contribution in [0.4, 0.5) is 18.9 Å². The summed E-state index contributed by atoms with van der Waals surface area (Å²) >= 11 is 0. The first-order chi connectivity index (χ1) is 15.4. The predicted octanol–water partition coefficient (Wildman–Crippen LogP) is 4.31. The fourth-order valence-corrected chi connectivity index (χ4v) is 3.98. The number of pyridine rings is 1. The second-order valence-corrected chi connectivity index (χ2v) is 9.38. The van der Waals surface area contributed by atoms with Crippen LogP contribution in [0.1, 0.15) is 32.7 Å². The molecule has 3 rings (SSSR count). The molecule has 0 spiro atoms. The topological polar surface area (TPSA) is 79.4 Å². The van der Waals surface area contributed by atoms with Gasteiger partial charge in [-0.1, -0.05) is 30.3 Å². The summed E-state index contributed by atoms with van der Waals surface area (Å²) in [6.45, 7) is 2.04. The van der Waals surface area contributed by atoms with Gasteiger partial charge in [-0.05, 0) is 53.9 Å². The highest BCUT2D eigenvalue weighted by Crippen LogP contribution is 2.27. The molecule has 0 aliphatic carbocycles. The molecule has 6 nitrogen and oxygen atoms in total. The van der Waals surface area contributed by atoms with Crippen LogP contribution in [0.25, 0.3) is 0 Å². The van der Waals surface area contributed by atoms with Gasteiger partial charge in [0.2, 0.25) is 10.0 Å². The van der Waals surface area contributed by atoms with Crippen molar-refractivity contribution in [1.29, 1.82) is 0 Å². The van der Waals surface area contributed by atoms with Crippen molar-refractivity contribution >= 4 is 21.6 Å². The highest BCUT2D eigenvalue weighted by atomic mass is 32.2. The highest BCUT2D eigenvalue weighted by Gasteiger charge is 2.32. The third-order valence-corrected chi connectivity index (χ3v) is 6.10. The Bertz CT molecular complexity index is 1230. The number of anilines is 1. The zero-order valence-corrected chi connectivity index (χ0v) is 18.7. The van der Waals surface area contributed by atoms with Crippen LogP contribution in [0.15, 0.2) is 66.9 Å². The average Bonchev–Trinajstić information content (AvgIpc) is 2.76. The smallest absolute Gasteiger partial charge is 0.348 e. The van der Waals surface area contributed by atoms with Gasteiger partial charge in [0.05, 0.1) is 18.5 Å². The van der Waals surface area contributed by atoms with Crippen molar-refractivity contribution in [2.45, 2.75) is 26.2 Å². The van der Waals surface area contributed by atoms with Crippen molar-refractivity contribution < 1.29 is 26.4 Å². The molecule has 1 aromatic heterocycles. The maximum Gasteiger partial charge on any atom is 0.433 e. The Labute approximate surface area is 190 Å². The van der Waals surface area contributed by atoms with E-state index in [0.717, 1.165) is 29.6 Å². The zero-order chi connectivity index (χ0) is 24.2. The quantitative estimate of drug-likeness (QED) is 0.550. The monoisotopic (exact) mass is 477 g/mol. The molecule has 10 heteroatoms. The van der Waals surface area contributed by atoms with E-state index >= 15 is 0 Å². The van der Waals surface area contributed by atoms with E-state index in [-0.39, 0.29) is 18.7 Å². The number of nitrogens with one attached hydrogen (secondary N) is 1. The van der Waals surface area contributed by atoms with Crippen molar-refractivity contribution in [3.8, 4) is 0 Å². The standard InChI is InChI=1S/C23H22F3N3O3S/c1-16-5-3-4-6-19(16)15-29(33(2,31)32)20-10-8-18(9-11-20)22(30)28-14-17-7-12-21(27-13-17)23(24,25)26/h3-13H,14-15H2,1-2H3,(H,28,30). The second kappa shape index (κ2) is 9.62. The lowest BCUT2D eigenvalue weighted by Crippen LogP contribution is -2.29. The normalized spacial score (nSPS) is 11.8. The van der Waals surface area contributed by atoms with Crippen molar-refractivity contribution in [1.82, 2.24) is 10.3 Å². The number of benzene rings is 2. The van der Waals surface area contributed by atoms with Gasteiger partial charge in [-0.25, -0.2) is 8.42 Å². The SMILES string of the molecule is Cc1ccccc1CN(c1ccc(C(=O)NCc2ccc(C(F)(F)F)nc2)cc1)S(C)(=O)=O. The summed E-state index contributed by atoms with van der Waals surface area (Å²) in [7, 11) is -3.58. The molecule has 1 N–H and O–H groups in total. The molecular weight excluding hydrogens is 455 g/mol. The Morgan fingerprint density at radius 2 is 1.70 bits per heavy atom. The molecule has 3 aromatic rings. The van der Waals surface area contributed by atoms with Crippen LogP contribution in [0.5, 0.6) is 0 Å². The van der Waals surface area contributed by atoms with Gasteiger partial charge in [-0.15, -0.1) is 0 Å². The molecule has 0 aliphatic heterocycles. The minimum Gasteiger partial charge on any atom is -0.348 e. The fourth-order valence-electron chi connectivity index (χ4n) is 3.10. The predicted molar refractivity (Wildman–Crippen MR) is 119 cm³/mol. The van der Waals surface area contributed by atoms with Crippen molar-refractivity contribution in [3.05, 3.63) is 94.8 Å². The van der Waals surface area contributed by atoms with Crippen LogP contribution in [-0.2, 0) is 29.3 Å². The van der Waals surface area contributed by atoms with Gasteiger partial charge in [0.1, 0.15) is 5.69 Å². The van der Waals surface area contributed by atoms with Crippen LogP contribution >= 0.6 is 0 Å². The first-order valence-electron chi connectivity index (χ1n) is 9.88. The van der Waals surface area contributed by atoms with Crippen LogP contribution in [-0.4, -0.2) is 25.6 Å². The fraction of sp³-hybridized carbons (Fsp3) is 0.217. The third kappa shape index (κ3) is 6.32. The number of sulfonamides is 1. The van der Waals surface area contributed by atoms with E-state index in [4.69, 9.17) is 0 Å². The Kier molecular flexibility index (Phi) is 7.06. The second-order valence-electron chi connectivity index (χ2n) is 7.48. The minimum atomic E-state index is -4.53. The summed E-state index contributed by atoms with van der Waals surface area (Å²) in [5.41, 5.74) is 1.91. The molecule has 0 fully saturated rings. The van der Waals surface area contributed by atoms with E-state index in [1.165, 1.54) is 34.6 Å². The van der Waals surface area contributed by atoms with Crippen molar-refractivity contribution in [2.75, 3.05) is 10.6 Å². The summed E-state index contributed by atoms with van der Waals surface area (Å²) in [6.07, 6.45) is -2.35. The van der Waals surface area contributed by atoms with Gasteiger partial charge >= 0.3 is 6.18 Å². The number of halogens is 3. The summed E-state index contributed by atoms with van der Waals surface area (Å²) in [4.78, 5) is 15.8. The van der Waals surface area contributed by atoms with Crippen LogP contribution in [0, 0.1) is 6.92 Å². The third-order valence-electron chi connectivity index (χ3n) is 4.96. The first kappa shape index (κ1) is 24.2. The molecule has 0 bridgehead atoms. The molecule has 0 saturated heterocycles. The summed E-state index contributed by atoms with van der Waals surface area (Å²) < 4.78 is 63.8. The molecule has 0 aliphatic rings. The van der Waals surface area contributed by atoms with Gasteiger partial charge in [-0.3, -0.25) is 14.1 Å². The summed E-state index contributed by atoms with van der Waals surface area (Å²) in [5.74, 6) is -0.453. The van der Waals surface area contributed by atoms with Gasteiger partial charge in [-0.2, -0.15) is 13.2 Å². The van der Waals surface area contributed by atoms with Crippen molar-refractivity contribution in [2.24, 2.45) is 0 Å². The van der Waals surface area contributed by atoms with Gasteiger partial charge in [0.15, 0.2) is 0 Å². The molecule has 1 heterocycles. The van der Waals surface area contributed by atoms with E-state index in [1.54, 1.807) is 0 Å². The molecule has 174 valence electrons. The van der Waals surface area contributed by atoms with E-state index in [0.29, 0.717) is 11.3 Å². The largest absolute Gasteiger partial charge is 0.433 e. The number of alkyl halides is 3. The lowest BCUT2D eigenvalue weighted by Gasteiger charge is -2.23. The number of amides is 1. The van der Waals surface area contributed by atoms with Crippen LogP contribution < -0.4 is 9.62 Å². The average molecular weight is 478 g/mol. The first-order valence-corrected chi connectivity index (χ1v) is 11.7. The minimum absolute atomic E-state index is 0.00549. The number of nitrogens with zero attached hydrogens (tertiary/aromatic N) is 2. The Balaban J connectivity index is 1.70. The molecule has 0 saturated carbocycles. The van der Waals surface area contributed by atoms with Gasteiger partial charge in [0, 0.05) is 18.3 Å². The Hall–Kier alpha value is -3.40. The molecule has 0 atom stereocenters. The maximum atomic E-state index is 12.6. The van der Waals surface area contributed by atoms with E-state index in [1.807, 2.05) is 31.2 Å². The molecule has 2 aromatic carbocycles. The lowest BCUT2D eigenvalue weighted by molar-refractivity contribution is -0.141. The zero-order valence-electron chi connectivity index (χ0n) is 17.9. The molecule has 33 heavy (non-hydrogen) atoms. The van der Waals surface area contributed by atoms with E-state index in [2.05, 4.69) is 10.3 Å². The Morgan fingerprint density at radius 1 is 1.03 bits per heavy atom. The number of rotatable bonds is 7. The molecular formula is C23H22F3N3O3S. The maximum absolute atomic E-state index is 12.6. The summed E-state index contributed by atoms with van der Waals surface area (Å²) in [6, 6.07) is 15.6. The van der Waals surface area contributed by atoms with E-state index in [9.17, 15) is 26.4 Å². The molecule has 0 radical (unpaired) electrons. The Morgan fingerprint density at radius 3 is 2.24 bits per heavy atom. The van der Waals surface area contributed by atoms with Crippen LogP contribution in [0.2, 0.25) is 0 Å². The number of hydrogen-bond acceptors (Lipinski definition) is 4. The van der Waals surface area contributed by atoms with E-state index < -0.39 is 27.8 Å².